The van der Waals surface area contributed by atoms with Gasteiger partial charge in [0.2, 0.25) is 0 Å². The number of nitrogens with zero attached hydrogens (tertiary/aromatic N) is 1. The van der Waals surface area contributed by atoms with Crippen molar-refractivity contribution in [3.8, 4) is 11.5 Å². The van der Waals surface area contributed by atoms with Crippen molar-refractivity contribution in [3.05, 3.63) is 57.1 Å². The van der Waals surface area contributed by atoms with Crippen molar-refractivity contribution >= 4 is 34.7 Å². The van der Waals surface area contributed by atoms with Crippen molar-refractivity contribution < 1.29 is 14.3 Å². The first-order chi connectivity index (χ1) is 14.5. The molecule has 2 aromatic carbocycles. The van der Waals surface area contributed by atoms with E-state index < -0.39 is 0 Å². The first kappa shape index (κ1) is 21.6. The maximum Gasteiger partial charge on any atom is 0.262 e. The lowest BCUT2D eigenvalue weighted by atomic mass is 10.1. The second-order valence-electron chi connectivity index (χ2n) is 6.88. The second-order valence-corrected chi connectivity index (χ2v) is 7.26. The van der Waals surface area contributed by atoms with Crippen LogP contribution in [0.15, 0.2) is 41.2 Å². The van der Waals surface area contributed by atoms with E-state index in [1.54, 1.807) is 48.1 Å². The number of ether oxygens (including phenoxy) is 2. The van der Waals surface area contributed by atoms with Gasteiger partial charge in [-0.3, -0.25) is 14.2 Å². The Labute approximate surface area is 179 Å². The number of fused-ring (bicyclic) bond motifs is 1. The summed E-state index contributed by atoms with van der Waals surface area (Å²) in [7, 11) is 3.08. The Hall–Kier alpha value is -3.13. The average Bonchev–Trinajstić information content (AvgIpc) is 2.75. The topological polar surface area (TPSA) is 85.3 Å². The van der Waals surface area contributed by atoms with Crippen LogP contribution in [0.25, 0.3) is 10.9 Å². The van der Waals surface area contributed by atoms with E-state index in [-0.39, 0.29) is 11.5 Å². The van der Waals surface area contributed by atoms with Gasteiger partial charge in [-0.15, -0.1) is 0 Å². The SMILES string of the molecule is CCCCCn1c(=S)[nH]c2cc(C(=O)Nc3ccc(OC)c(OC)c3)ccc2c1=O. The Balaban J connectivity index is 1.88. The zero-order chi connectivity index (χ0) is 21.7. The molecule has 0 fully saturated rings. The molecule has 2 N–H and O–H groups in total. The molecule has 1 heterocycles. The Morgan fingerprint density at radius 1 is 1.10 bits per heavy atom. The number of anilines is 1. The van der Waals surface area contributed by atoms with Gasteiger partial charge >= 0.3 is 0 Å². The summed E-state index contributed by atoms with van der Waals surface area (Å²) in [6.45, 7) is 2.69. The molecule has 0 radical (unpaired) electrons. The number of carbonyl (C=O) groups is 1. The van der Waals surface area contributed by atoms with E-state index in [4.69, 9.17) is 21.7 Å². The summed E-state index contributed by atoms with van der Waals surface area (Å²) in [5, 5.41) is 3.33. The Morgan fingerprint density at radius 2 is 1.87 bits per heavy atom. The van der Waals surface area contributed by atoms with Gasteiger partial charge in [-0.05, 0) is 49.0 Å². The van der Waals surface area contributed by atoms with Gasteiger partial charge in [0.1, 0.15) is 0 Å². The van der Waals surface area contributed by atoms with Crippen molar-refractivity contribution in [1.82, 2.24) is 9.55 Å². The smallest absolute Gasteiger partial charge is 0.262 e. The Kier molecular flexibility index (Phi) is 6.89. The zero-order valence-electron chi connectivity index (χ0n) is 17.3. The number of nitrogens with one attached hydrogen (secondary N) is 2. The molecule has 8 heteroatoms. The molecule has 0 aliphatic carbocycles. The number of aromatic nitrogens is 2. The summed E-state index contributed by atoms with van der Waals surface area (Å²) in [4.78, 5) is 28.6. The predicted molar refractivity (Wildman–Crippen MR) is 120 cm³/mol. The van der Waals surface area contributed by atoms with Gasteiger partial charge in [-0.1, -0.05) is 19.8 Å². The minimum Gasteiger partial charge on any atom is -0.493 e. The van der Waals surface area contributed by atoms with Crippen molar-refractivity contribution in [2.24, 2.45) is 0 Å². The van der Waals surface area contributed by atoms with Crippen molar-refractivity contribution in [2.75, 3.05) is 19.5 Å². The standard InChI is InChI=1S/C22H25N3O4S/c1-4-5-6-11-25-21(27)16-9-7-14(12-17(16)24-22(25)30)20(26)23-15-8-10-18(28-2)19(13-15)29-3/h7-10,12-13H,4-6,11H2,1-3H3,(H,23,26)(H,24,30). The first-order valence-corrected chi connectivity index (χ1v) is 10.2. The van der Waals surface area contributed by atoms with Crippen LogP contribution in [0.1, 0.15) is 36.5 Å². The minimum atomic E-state index is -0.310. The summed E-state index contributed by atoms with van der Waals surface area (Å²) < 4.78 is 12.4. The molecule has 0 spiro atoms. The van der Waals surface area contributed by atoms with E-state index in [1.165, 1.54) is 7.11 Å². The minimum absolute atomic E-state index is 0.142. The van der Waals surface area contributed by atoms with Crippen molar-refractivity contribution in [3.63, 3.8) is 0 Å². The summed E-state index contributed by atoms with van der Waals surface area (Å²) >= 11 is 5.36. The molecule has 30 heavy (non-hydrogen) atoms. The molecule has 7 nitrogen and oxygen atoms in total. The van der Waals surface area contributed by atoms with E-state index in [9.17, 15) is 9.59 Å². The molecule has 1 amide bonds. The number of H-pyrrole nitrogens is 1. The number of hydrogen-bond acceptors (Lipinski definition) is 5. The quantitative estimate of drug-likeness (QED) is 0.408. The normalized spacial score (nSPS) is 10.8. The van der Waals surface area contributed by atoms with E-state index in [2.05, 4.69) is 17.2 Å². The molecule has 0 bridgehead atoms. The van der Waals surface area contributed by atoms with Gasteiger partial charge in [0.25, 0.3) is 11.5 Å². The molecular weight excluding hydrogens is 402 g/mol. The fourth-order valence-corrected chi connectivity index (χ4v) is 3.52. The van der Waals surface area contributed by atoms with Gasteiger partial charge < -0.3 is 19.8 Å². The monoisotopic (exact) mass is 427 g/mol. The van der Waals surface area contributed by atoms with Gasteiger partial charge in [0.15, 0.2) is 16.3 Å². The molecule has 3 rings (SSSR count). The van der Waals surface area contributed by atoms with Crippen LogP contribution in [-0.4, -0.2) is 29.7 Å². The number of methoxy groups -OCH3 is 2. The summed E-state index contributed by atoms with van der Waals surface area (Å²) in [5.41, 5.74) is 1.37. The third kappa shape index (κ3) is 4.54. The Bertz CT molecular complexity index is 1180. The number of aromatic amines is 1. The van der Waals surface area contributed by atoms with Crippen molar-refractivity contribution in [1.29, 1.82) is 0 Å². The van der Waals surface area contributed by atoms with Crippen LogP contribution < -0.4 is 20.3 Å². The molecule has 158 valence electrons. The summed E-state index contributed by atoms with van der Waals surface area (Å²) in [6, 6.07) is 10.0. The number of hydrogen-bond donors (Lipinski definition) is 2. The van der Waals surface area contributed by atoms with Crippen LogP contribution >= 0.6 is 12.2 Å². The predicted octanol–water partition coefficient (Wildman–Crippen LogP) is 4.52. The highest BCUT2D eigenvalue weighted by Crippen LogP contribution is 2.30. The Morgan fingerprint density at radius 3 is 2.57 bits per heavy atom. The number of unbranched alkanes of at least 4 members (excludes halogenated alkanes) is 2. The van der Waals surface area contributed by atoms with Gasteiger partial charge in [0.05, 0.1) is 25.1 Å². The zero-order valence-corrected chi connectivity index (χ0v) is 18.1. The largest absolute Gasteiger partial charge is 0.493 e. The van der Waals surface area contributed by atoms with Crippen molar-refractivity contribution in [2.45, 2.75) is 32.7 Å². The van der Waals surface area contributed by atoms with Crippen LogP contribution in [0.2, 0.25) is 0 Å². The number of amides is 1. The number of rotatable bonds is 8. The third-order valence-corrected chi connectivity index (χ3v) is 5.19. The van der Waals surface area contributed by atoms with Crippen LogP contribution in [0.3, 0.4) is 0 Å². The van der Waals surface area contributed by atoms with Crippen LogP contribution in [0.4, 0.5) is 5.69 Å². The highest BCUT2D eigenvalue weighted by atomic mass is 32.1. The van der Waals surface area contributed by atoms with Crippen LogP contribution in [0, 0.1) is 4.77 Å². The molecule has 0 aliphatic rings. The molecule has 0 unspecified atom stereocenters. The maximum absolute atomic E-state index is 12.8. The van der Waals surface area contributed by atoms with Gasteiger partial charge in [-0.25, -0.2) is 0 Å². The fourth-order valence-electron chi connectivity index (χ4n) is 3.24. The molecule has 0 saturated carbocycles. The van der Waals surface area contributed by atoms with Crippen LogP contribution in [0.5, 0.6) is 11.5 Å². The van der Waals surface area contributed by atoms with E-state index in [0.29, 0.717) is 45.0 Å². The summed E-state index contributed by atoms with van der Waals surface area (Å²) in [5.74, 6) is 0.779. The number of benzene rings is 2. The number of carbonyl (C=O) groups excluding carboxylic acids is 1. The average molecular weight is 428 g/mol. The lowest BCUT2D eigenvalue weighted by Gasteiger charge is -2.11. The highest BCUT2D eigenvalue weighted by Gasteiger charge is 2.12. The lowest BCUT2D eigenvalue weighted by Crippen LogP contribution is -2.22. The molecule has 0 aliphatic heterocycles. The molecule has 0 saturated heterocycles. The van der Waals surface area contributed by atoms with E-state index >= 15 is 0 Å². The molecular formula is C22H25N3O4S. The van der Waals surface area contributed by atoms with E-state index in [1.807, 2.05) is 0 Å². The van der Waals surface area contributed by atoms with Gasteiger partial charge in [-0.2, -0.15) is 0 Å². The third-order valence-electron chi connectivity index (χ3n) is 4.87. The lowest BCUT2D eigenvalue weighted by molar-refractivity contribution is 0.102. The summed E-state index contributed by atoms with van der Waals surface area (Å²) in [6.07, 6.45) is 3.00. The van der Waals surface area contributed by atoms with E-state index in [0.717, 1.165) is 19.3 Å². The van der Waals surface area contributed by atoms with Crippen LogP contribution in [-0.2, 0) is 6.54 Å². The molecule has 0 atom stereocenters. The first-order valence-electron chi connectivity index (χ1n) is 9.78. The molecule has 1 aromatic heterocycles. The highest BCUT2D eigenvalue weighted by molar-refractivity contribution is 7.71. The maximum atomic E-state index is 12.8. The fraction of sp³-hybridized carbons (Fsp3) is 0.318. The second kappa shape index (κ2) is 9.58. The van der Waals surface area contributed by atoms with Gasteiger partial charge in [0, 0.05) is 23.9 Å². The molecule has 3 aromatic rings.